The van der Waals surface area contributed by atoms with Crippen LogP contribution in [0, 0.1) is 5.92 Å². The number of nitrogens with zero attached hydrogens (tertiary/aromatic N) is 3. The van der Waals surface area contributed by atoms with Crippen molar-refractivity contribution in [2.45, 2.75) is 20.0 Å². The van der Waals surface area contributed by atoms with E-state index < -0.39 is 0 Å². The predicted octanol–water partition coefficient (Wildman–Crippen LogP) is 2.76. The molecule has 0 fully saturated rings. The first kappa shape index (κ1) is 13.1. The molecule has 5 nitrogen and oxygen atoms in total. The highest BCUT2D eigenvalue weighted by atomic mass is 32.1. The van der Waals surface area contributed by atoms with Gasteiger partial charge in [0.05, 0.1) is 5.56 Å². The lowest BCUT2D eigenvalue weighted by Crippen LogP contribution is -2.44. The fourth-order valence-electron chi connectivity index (χ4n) is 2.40. The Morgan fingerprint density at radius 2 is 2.20 bits per heavy atom. The number of rotatable bonds is 3. The molecular weight excluding hydrogens is 272 g/mol. The van der Waals surface area contributed by atoms with E-state index >= 15 is 0 Å². The van der Waals surface area contributed by atoms with Gasteiger partial charge in [-0.05, 0) is 29.6 Å². The molecule has 1 atom stereocenters. The number of anilines is 1. The standard InChI is InChI=1S/C14H16N4OS/c1-9(2)7-18-13(12-8-20-17-16-12)15-11-6-4-3-5-10(11)14(18)19/h3-6,8-9,13,15H,7H2,1-2H3/t13-/m1/s1. The Morgan fingerprint density at radius 1 is 1.40 bits per heavy atom. The number of hydrogen-bond donors (Lipinski definition) is 1. The van der Waals surface area contributed by atoms with Crippen molar-refractivity contribution in [2.24, 2.45) is 5.92 Å². The van der Waals surface area contributed by atoms with Crippen molar-refractivity contribution >= 4 is 23.1 Å². The second-order valence-corrected chi connectivity index (χ2v) is 5.88. The Morgan fingerprint density at radius 3 is 2.90 bits per heavy atom. The van der Waals surface area contributed by atoms with Crippen LogP contribution in [0.2, 0.25) is 0 Å². The third-order valence-corrected chi connectivity index (χ3v) is 3.76. The molecule has 6 heteroatoms. The summed E-state index contributed by atoms with van der Waals surface area (Å²) in [5, 5.41) is 9.39. The minimum Gasteiger partial charge on any atom is -0.359 e. The summed E-state index contributed by atoms with van der Waals surface area (Å²) in [6.07, 6.45) is -0.237. The van der Waals surface area contributed by atoms with Gasteiger partial charge < -0.3 is 10.2 Å². The molecule has 0 unspecified atom stereocenters. The van der Waals surface area contributed by atoms with Crippen molar-refractivity contribution in [2.75, 3.05) is 11.9 Å². The molecule has 0 bridgehead atoms. The van der Waals surface area contributed by atoms with Crippen LogP contribution in [0.5, 0.6) is 0 Å². The predicted molar refractivity (Wildman–Crippen MR) is 78.6 cm³/mol. The van der Waals surface area contributed by atoms with Crippen LogP contribution in [0.25, 0.3) is 0 Å². The van der Waals surface area contributed by atoms with Crippen LogP contribution in [0.15, 0.2) is 29.6 Å². The Hall–Kier alpha value is -1.95. The smallest absolute Gasteiger partial charge is 0.257 e. The molecule has 0 spiro atoms. The molecule has 1 aromatic carbocycles. The number of para-hydroxylation sites is 1. The summed E-state index contributed by atoms with van der Waals surface area (Å²) in [6.45, 7) is 4.89. The SMILES string of the molecule is CC(C)CN1C(=O)c2ccccc2N[C@H]1c1csnn1. The van der Waals surface area contributed by atoms with Crippen LogP contribution >= 0.6 is 11.5 Å². The number of hydrogen-bond acceptors (Lipinski definition) is 5. The van der Waals surface area contributed by atoms with Gasteiger partial charge >= 0.3 is 0 Å². The van der Waals surface area contributed by atoms with Crippen molar-refractivity contribution < 1.29 is 4.79 Å². The van der Waals surface area contributed by atoms with Crippen LogP contribution in [0.1, 0.15) is 36.1 Å². The largest absolute Gasteiger partial charge is 0.359 e. The molecule has 1 N–H and O–H groups in total. The van der Waals surface area contributed by atoms with Gasteiger partial charge in [-0.15, -0.1) is 5.10 Å². The molecule has 1 amide bonds. The fraction of sp³-hybridized carbons (Fsp3) is 0.357. The zero-order valence-electron chi connectivity index (χ0n) is 11.4. The minimum atomic E-state index is -0.237. The lowest BCUT2D eigenvalue weighted by molar-refractivity contribution is 0.0654. The summed E-state index contributed by atoms with van der Waals surface area (Å²) in [5.74, 6) is 0.436. The Labute approximate surface area is 121 Å². The van der Waals surface area contributed by atoms with E-state index in [9.17, 15) is 4.79 Å². The maximum absolute atomic E-state index is 12.7. The van der Waals surface area contributed by atoms with Crippen molar-refractivity contribution in [3.05, 3.63) is 40.9 Å². The van der Waals surface area contributed by atoms with E-state index in [-0.39, 0.29) is 12.1 Å². The molecule has 2 aromatic rings. The van der Waals surface area contributed by atoms with E-state index in [4.69, 9.17) is 0 Å². The molecule has 1 aliphatic rings. The third kappa shape index (κ3) is 2.27. The average molecular weight is 288 g/mol. The highest BCUT2D eigenvalue weighted by molar-refractivity contribution is 7.03. The molecule has 104 valence electrons. The maximum atomic E-state index is 12.7. The first-order chi connectivity index (χ1) is 9.66. The van der Waals surface area contributed by atoms with Crippen LogP contribution in [-0.2, 0) is 0 Å². The van der Waals surface area contributed by atoms with Gasteiger partial charge in [0.25, 0.3) is 5.91 Å². The maximum Gasteiger partial charge on any atom is 0.257 e. The molecule has 2 heterocycles. The second kappa shape index (κ2) is 5.20. The molecule has 3 rings (SSSR count). The van der Waals surface area contributed by atoms with E-state index in [1.54, 1.807) is 0 Å². The molecule has 1 aliphatic heterocycles. The topological polar surface area (TPSA) is 58.1 Å². The Balaban J connectivity index is 2.02. The van der Waals surface area contributed by atoms with Gasteiger partial charge in [-0.3, -0.25) is 4.79 Å². The fourth-order valence-corrected chi connectivity index (χ4v) is 2.87. The molecule has 0 radical (unpaired) electrons. The van der Waals surface area contributed by atoms with Gasteiger partial charge in [-0.2, -0.15) is 0 Å². The normalized spacial score (nSPS) is 18.1. The molecule has 20 heavy (non-hydrogen) atoms. The lowest BCUT2D eigenvalue weighted by atomic mass is 10.0. The summed E-state index contributed by atoms with van der Waals surface area (Å²) < 4.78 is 3.91. The van der Waals surface area contributed by atoms with Gasteiger partial charge in [0, 0.05) is 17.6 Å². The number of benzene rings is 1. The zero-order valence-corrected chi connectivity index (χ0v) is 12.2. The number of carbonyl (C=O) groups is 1. The number of aromatic nitrogens is 2. The van der Waals surface area contributed by atoms with Crippen LogP contribution in [-0.4, -0.2) is 26.9 Å². The van der Waals surface area contributed by atoms with E-state index in [1.165, 1.54) is 11.5 Å². The average Bonchev–Trinajstić information content (AvgIpc) is 2.95. The van der Waals surface area contributed by atoms with Crippen molar-refractivity contribution in [3.63, 3.8) is 0 Å². The molecule has 1 aromatic heterocycles. The molecule has 0 saturated heterocycles. The Bertz CT molecular complexity index is 611. The Kier molecular flexibility index (Phi) is 3.40. The lowest BCUT2D eigenvalue weighted by Gasteiger charge is -2.37. The van der Waals surface area contributed by atoms with Crippen molar-refractivity contribution in [3.8, 4) is 0 Å². The number of carbonyl (C=O) groups excluding carboxylic acids is 1. The zero-order chi connectivity index (χ0) is 14.1. The van der Waals surface area contributed by atoms with Crippen LogP contribution in [0.3, 0.4) is 0 Å². The number of nitrogens with one attached hydrogen (secondary N) is 1. The molecule has 0 aliphatic carbocycles. The minimum absolute atomic E-state index is 0.0473. The first-order valence-electron chi connectivity index (χ1n) is 6.60. The quantitative estimate of drug-likeness (QED) is 0.943. The highest BCUT2D eigenvalue weighted by Gasteiger charge is 2.34. The highest BCUT2D eigenvalue weighted by Crippen LogP contribution is 2.32. The van der Waals surface area contributed by atoms with Gasteiger partial charge in [0.1, 0.15) is 11.9 Å². The van der Waals surface area contributed by atoms with Gasteiger partial charge in [-0.1, -0.05) is 30.5 Å². The summed E-state index contributed by atoms with van der Waals surface area (Å²) >= 11 is 1.30. The van der Waals surface area contributed by atoms with E-state index in [1.807, 2.05) is 34.5 Å². The summed E-state index contributed by atoms with van der Waals surface area (Å²) in [6, 6.07) is 7.59. The first-order valence-corrected chi connectivity index (χ1v) is 7.44. The number of fused-ring (bicyclic) bond motifs is 1. The van der Waals surface area contributed by atoms with Crippen molar-refractivity contribution in [1.82, 2.24) is 14.5 Å². The van der Waals surface area contributed by atoms with E-state index in [0.29, 0.717) is 18.0 Å². The second-order valence-electron chi connectivity index (χ2n) is 5.27. The van der Waals surface area contributed by atoms with Crippen molar-refractivity contribution in [1.29, 1.82) is 0 Å². The van der Waals surface area contributed by atoms with Gasteiger partial charge in [0.15, 0.2) is 0 Å². The van der Waals surface area contributed by atoms with Gasteiger partial charge in [0.2, 0.25) is 0 Å². The van der Waals surface area contributed by atoms with Crippen LogP contribution in [0.4, 0.5) is 5.69 Å². The monoisotopic (exact) mass is 288 g/mol. The summed E-state index contributed by atoms with van der Waals surface area (Å²) in [5.41, 5.74) is 2.36. The van der Waals surface area contributed by atoms with E-state index in [2.05, 4.69) is 28.8 Å². The third-order valence-electron chi connectivity index (χ3n) is 3.24. The van der Waals surface area contributed by atoms with E-state index in [0.717, 1.165) is 11.4 Å². The summed E-state index contributed by atoms with van der Waals surface area (Å²) in [7, 11) is 0. The summed E-state index contributed by atoms with van der Waals surface area (Å²) in [4.78, 5) is 14.5. The number of amides is 1. The molecular formula is C14H16N4OS. The van der Waals surface area contributed by atoms with Gasteiger partial charge in [-0.25, -0.2) is 0 Å². The van der Waals surface area contributed by atoms with Crippen LogP contribution < -0.4 is 5.32 Å². The molecule has 0 saturated carbocycles.